The third-order valence-electron chi connectivity index (χ3n) is 4.13. The summed E-state index contributed by atoms with van der Waals surface area (Å²) >= 11 is 0. The van der Waals surface area contributed by atoms with Crippen LogP contribution in [0.1, 0.15) is 5.56 Å². The molecule has 1 aromatic carbocycles. The molecule has 1 amide bonds. The maximum atomic E-state index is 13.6. The van der Waals surface area contributed by atoms with E-state index in [2.05, 4.69) is 0 Å². The number of hydrogen-bond donors (Lipinski definition) is 1. The van der Waals surface area contributed by atoms with Crippen molar-refractivity contribution < 1.29 is 27.1 Å². The molecule has 1 aliphatic rings. The summed E-state index contributed by atoms with van der Waals surface area (Å²) in [5, 5.41) is 10.0. The summed E-state index contributed by atoms with van der Waals surface area (Å²) in [5.74, 6) is -3.10. The maximum Gasteiger partial charge on any atom is 0.227 e. The lowest BCUT2D eigenvalue weighted by Gasteiger charge is -2.18. The van der Waals surface area contributed by atoms with E-state index < -0.39 is 46.0 Å². The molecule has 0 spiro atoms. The lowest BCUT2D eigenvalue weighted by Crippen LogP contribution is -2.34. The fourth-order valence-electron chi connectivity index (χ4n) is 2.61. The van der Waals surface area contributed by atoms with Gasteiger partial charge < -0.3 is 10.0 Å². The molecule has 0 saturated carbocycles. The number of nitrogens with zero attached hydrogens (tertiary/aromatic N) is 2. The molecule has 9 heteroatoms. The van der Waals surface area contributed by atoms with Crippen LogP contribution in [-0.4, -0.2) is 67.7 Å². The average molecular weight is 362 g/mol. The minimum absolute atomic E-state index is 0.0309. The number of benzene rings is 1. The molecule has 134 valence electrons. The van der Waals surface area contributed by atoms with E-state index in [-0.39, 0.29) is 24.4 Å². The zero-order chi connectivity index (χ0) is 18.1. The number of hydrogen-bond acceptors (Lipinski definition) is 4. The molecular formula is C15H20F2N2O4S. The molecule has 1 N–H and O–H groups in total. The van der Waals surface area contributed by atoms with Gasteiger partial charge in [0, 0.05) is 38.7 Å². The first-order valence-corrected chi connectivity index (χ1v) is 9.01. The van der Waals surface area contributed by atoms with Gasteiger partial charge in [0.1, 0.15) is 11.6 Å². The van der Waals surface area contributed by atoms with Crippen molar-refractivity contribution in [2.75, 3.05) is 32.9 Å². The Kier molecular flexibility index (Phi) is 5.56. The zero-order valence-electron chi connectivity index (χ0n) is 13.4. The van der Waals surface area contributed by atoms with Crippen LogP contribution in [0.2, 0.25) is 0 Å². The van der Waals surface area contributed by atoms with Crippen LogP contribution in [-0.2, 0) is 21.2 Å². The van der Waals surface area contributed by atoms with Crippen molar-refractivity contribution in [2.24, 2.45) is 5.92 Å². The normalized spacial score (nSPS) is 21.5. The van der Waals surface area contributed by atoms with Gasteiger partial charge in [-0.15, -0.1) is 0 Å². The molecule has 1 heterocycles. The second kappa shape index (κ2) is 7.12. The average Bonchev–Trinajstić information content (AvgIpc) is 2.83. The topological polar surface area (TPSA) is 77.9 Å². The Bertz CT molecular complexity index is 704. The number of halogens is 2. The number of likely N-dealkylation sites (tertiary alicyclic amines) is 1. The van der Waals surface area contributed by atoms with Crippen LogP contribution >= 0.6 is 0 Å². The second-order valence-electron chi connectivity index (χ2n) is 6.06. The van der Waals surface area contributed by atoms with Crippen molar-refractivity contribution in [3.05, 3.63) is 35.4 Å². The lowest BCUT2D eigenvalue weighted by molar-refractivity contribution is -0.129. The van der Waals surface area contributed by atoms with Gasteiger partial charge in [0.25, 0.3) is 0 Å². The van der Waals surface area contributed by atoms with Crippen LogP contribution in [0.15, 0.2) is 18.2 Å². The fraction of sp³-hybridized carbons (Fsp3) is 0.533. The summed E-state index contributed by atoms with van der Waals surface area (Å²) in [4.78, 5) is 13.5. The van der Waals surface area contributed by atoms with Gasteiger partial charge in [-0.25, -0.2) is 21.5 Å². The van der Waals surface area contributed by atoms with Gasteiger partial charge in [-0.3, -0.25) is 4.79 Å². The van der Waals surface area contributed by atoms with Gasteiger partial charge in [-0.05, 0) is 12.1 Å². The standard InChI is InChI=1S/C15H20F2N2O4S/c1-18(2)24(22,23)9-10-7-19(8-14(10)20)15(21)6-11-12(16)4-3-5-13(11)17/h3-5,10,14,20H,6-9H2,1-2H3. The number of β-amino-alcohol motifs (C(OH)–C–C–N with tert-alkyl or cyclic N) is 1. The van der Waals surface area contributed by atoms with Gasteiger partial charge in [-0.2, -0.15) is 0 Å². The monoisotopic (exact) mass is 362 g/mol. The van der Waals surface area contributed by atoms with Crippen molar-refractivity contribution >= 4 is 15.9 Å². The number of sulfonamides is 1. The minimum atomic E-state index is -3.52. The number of carbonyl (C=O) groups is 1. The van der Waals surface area contributed by atoms with Crippen molar-refractivity contribution in [3.8, 4) is 0 Å². The van der Waals surface area contributed by atoms with Crippen molar-refractivity contribution in [1.29, 1.82) is 0 Å². The maximum absolute atomic E-state index is 13.6. The number of rotatable bonds is 5. The Morgan fingerprint density at radius 1 is 1.29 bits per heavy atom. The molecule has 2 rings (SSSR count). The largest absolute Gasteiger partial charge is 0.391 e. The lowest BCUT2D eigenvalue weighted by atomic mass is 10.1. The molecule has 24 heavy (non-hydrogen) atoms. The van der Waals surface area contributed by atoms with Gasteiger partial charge in [0.2, 0.25) is 15.9 Å². The van der Waals surface area contributed by atoms with Crippen LogP contribution < -0.4 is 0 Å². The summed E-state index contributed by atoms with van der Waals surface area (Å²) < 4.78 is 52.1. The Labute approximate surface area is 139 Å². The van der Waals surface area contributed by atoms with Gasteiger partial charge in [0.05, 0.1) is 18.3 Å². The summed E-state index contributed by atoms with van der Waals surface area (Å²) in [7, 11) is -0.742. The van der Waals surface area contributed by atoms with Crippen LogP contribution in [0.4, 0.5) is 8.78 Å². The highest BCUT2D eigenvalue weighted by Gasteiger charge is 2.37. The fourth-order valence-corrected chi connectivity index (χ4v) is 3.77. The van der Waals surface area contributed by atoms with Crippen molar-refractivity contribution in [3.63, 3.8) is 0 Å². The highest BCUT2D eigenvalue weighted by molar-refractivity contribution is 7.89. The molecule has 1 saturated heterocycles. The Morgan fingerprint density at radius 2 is 1.88 bits per heavy atom. The van der Waals surface area contributed by atoms with E-state index >= 15 is 0 Å². The number of carbonyl (C=O) groups excluding carboxylic acids is 1. The van der Waals surface area contributed by atoms with Gasteiger partial charge in [0.15, 0.2) is 0 Å². The zero-order valence-corrected chi connectivity index (χ0v) is 14.3. The Hall–Kier alpha value is -1.58. The van der Waals surface area contributed by atoms with Crippen LogP contribution in [0.25, 0.3) is 0 Å². The molecule has 0 radical (unpaired) electrons. The van der Waals surface area contributed by atoms with E-state index in [1.165, 1.54) is 25.1 Å². The molecule has 2 atom stereocenters. The molecule has 1 aromatic rings. The van der Waals surface area contributed by atoms with E-state index in [0.29, 0.717) is 0 Å². The van der Waals surface area contributed by atoms with Crippen LogP contribution in [0.3, 0.4) is 0 Å². The van der Waals surface area contributed by atoms with E-state index in [9.17, 15) is 27.1 Å². The van der Waals surface area contributed by atoms with Crippen LogP contribution in [0, 0.1) is 17.6 Å². The highest BCUT2D eigenvalue weighted by Crippen LogP contribution is 2.22. The molecule has 1 fully saturated rings. The summed E-state index contributed by atoms with van der Waals surface area (Å²) in [6.45, 7) is -0.0222. The molecular weight excluding hydrogens is 342 g/mol. The predicted molar refractivity (Wildman–Crippen MR) is 83.6 cm³/mol. The summed E-state index contributed by atoms with van der Waals surface area (Å²) in [5.41, 5.74) is -0.332. The SMILES string of the molecule is CN(C)S(=O)(=O)CC1CN(C(=O)Cc2c(F)cccc2F)CC1O. The van der Waals surface area contributed by atoms with Crippen LogP contribution in [0.5, 0.6) is 0 Å². The smallest absolute Gasteiger partial charge is 0.227 e. The third-order valence-corrected chi connectivity index (χ3v) is 6.09. The molecule has 2 unspecified atom stereocenters. The number of aliphatic hydroxyl groups excluding tert-OH is 1. The first-order chi connectivity index (χ1) is 11.1. The molecule has 6 nitrogen and oxygen atoms in total. The second-order valence-corrected chi connectivity index (χ2v) is 8.29. The van der Waals surface area contributed by atoms with Gasteiger partial charge in [-0.1, -0.05) is 6.07 Å². The number of aliphatic hydroxyl groups is 1. The highest BCUT2D eigenvalue weighted by atomic mass is 32.2. The summed E-state index contributed by atoms with van der Waals surface area (Å²) in [6, 6.07) is 3.34. The van der Waals surface area contributed by atoms with Crippen molar-refractivity contribution in [2.45, 2.75) is 12.5 Å². The first-order valence-electron chi connectivity index (χ1n) is 7.40. The molecule has 0 aromatic heterocycles. The van der Waals surface area contributed by atoms with E-state index in [4.69, 9.17) is 0 Å². The minimum Gasteiger partial charge on any atom is -0.391 e. The Balaban J connectivity index is 2.05. The first kappa shape index (κ1) is 18.8. The van der Waals surface area contributed by atoms with E-state index in [0.717, 1.165) is 16.4 Å². The summed E-state index contributed by atoms with van der Waals surface area (Å²) in [6.07, 6.45) is -1.47. The third kappa shape index (κ3) is 4.08. The molecule has 0 aliphatic carbocycles. The Morgan fingerprint density at radius 3 is 2.42 bits per heavy atom. The molecule has 0 bridgehead atoms. The van der Waals surface area contributed by atoms with Gasteiger partial charge >= 0.3 is 0 Å². The predicted octanol–water partition coefficient (Wildman–Crippen LogP) is 0.218. The number of amides is 1. The van der Waals surface area contributed by atoms with E-state index in [1.807, 2.05) is 0 Å². The van der Waals surface area contributed by atoms with Crippen molar-refractivity contribution in [1.82, 2.24) is 9.21 Å². The van der Waals surface area contributed by atoms with E-state index in [1.54, 1.807) is 0 Å². The molecule has 1 aliphatic heterocycles. The quantitative estimate of drug-likeness (QED) is 0.813.